The second-order valence-electron chi connectivity index (χ2n) is 5.87. The monoisotopic (exact) mass is 383 g/mol. The number of nitrogens with zero attached hydrogens (tertiary/aromatic N) is 1. The van der Waals surface area contributed by atoms with Gasteiger partial charge in [-0.15, -0.1) is 0 Å². The average Bonchev–Trinajstić information content (AvgIpc) is 3.14. The molecular weight excluding hydrogens is 364 g/mol. The van der Waals surface area contributed by atoms with Gasteiger partial charge >= 0.3 is 7.75 Å². The molecule has 1 saturated heterocycles. The van der Waals surface area contributed by atoms with Crippen LogP contribution >= 0.6 is 14.8 Å². The summed E-state index contributed by atoms with van der Waals surface area (Å²) < 4.78 is 28.9. The Morgan fingerprint density at radius 2 is 1.00 bits per heavy atom. The molecular formula is C20H19NO3P2. The molecule has 1 aliphatic heterocycles. The van der Waals surface area contributed by atoms with Gasteiger partial charge in [0.25, 0.3) is 0 Å². The van der Waals surface area contributed by atoms with Gasteiger partial charge in [0.15, 0.2) is 0 Å². The van der Waals surface area contributed by atoms with E-state index in [1.165, 1.54) is 0 Å². The molecule has 0 N–H and O–H groups in total. The molecule has 0 aliphatic carbocycles. The van der Waals surface area contributed by atoms with E-state index >= 15 is 0 Å². The first kappa shape index (κ1) is 17.5. The quantitative estimate of drug-likeness (QED) is 0.631. The summed E-state index contributed by atoms with van der Waals surface area (Å²) in [5, 5.41) is 3.06. The molecule has 0 aromatic heterocycles. The largest absolute Gasteiger partial charge is 0.453 e. The maximum Gasteiger partial charge on any atom is 0.453 e. The van der Waals surface area contributed by atoms with E-state index in [9.17, 15) is 4.57 Å². The highest BCUT2D eigenvalue weighted by molar-refractivity contribution is 7.90. The first-order valence-electron chi connectivity index (χ1n) is 8.43. The van der Waals surface area contributed by atoms with Crippen LogP contribution in [0.25, 0.3) is 0 Å². The summed E-state index contributed by atoms with van der Waals surface area (Å²) >= 11 is 0. The second-order valence-corrected chi connectivity index (χ2v) is 10.9. The molecule has 4 nitrogen and oxygen atoms in total. The van der Waals surface area contributed by atoms with E-state index in [-0.39, 0.29) is 0 Å². The van der Waals surface area contributed by atoms with E-state index in [2.05, 4.69) is 0 Å². The third kappa shape index (κ3) is 3.22. The average molecular weight is 383 g/mol. The van der Waals surface area contributed by atoms with Crippen molar-refractivity contribution in [1.82, 2.24) is 0 Å². The topological polar surface area (TPSA) is 47.9 Å². The normalized spacial score (nSPS) is 16.3. The van der Waals surface area contributed by atoms with Crippen LogP contribution in [0.2, 0.25) is 0 Å². The van der Waals surface area contributed by atoms with Crippen LogP contribution in [-0.4, -0.2) is 13.2 Å². The highest BCUT2D eigenvalue weighted by Crippen LogP contribution is 2.63. The van der Waals surface area contributed by atoms with Crippen molar-refractivity contribution in [2.75, 3.05) is 13.2 Å². The molecule has 3 aromatic rings. The summed E-state index contributed by atoms with van der Waals surface area (Å²) in [6.45, 7) is 0.609. The molecule has 0 unspecified atom stereocenters. The first-order chi connectivity index (χ1) is 12.7. The highest BCUT2D eigenvalue weighted by Gasteiger charge is 2.37. The van der Waals surface area contributed by atoms with Crippen LogP contribution in [0.5, 0.6) is 0 Å². The zero-order chi connectivity index (χ0) is 17.9. The summed E-state index contributed by atoms with van der Waals surface area (Å²) in [6.07, 6.45) is 0. The standard InChI is InChI=1S/C20H19NO3P2/c22-26(23-16-17-24-26)21-25(18-10-4-1-5-11-18,19-12-6-2-7-13-19)20-14-8-3-9-15-20/h1-15H,16-17H2. The smallest absolute Gasteiger partial charge is 0.289 e. The van der Waals surface area contributed by atoms with Gasteiger partial charge in [0.1, 0.15) is 0 Å². The molecule has 1 heterocycles. The lowest BCUT2D eigenvalue weighted by molar-refractivity contribution is 0.354. The molecule has 132 valence electrons. The number of rotatable bonds is 4. The molecule has 1 aliphatic rings. The van der Waals surface area contributed by atoms with Crippen molar-refractivity contribution < 1.29 is 13.6 Å². The second kappa shape index (κ2) is 7.34. The molecule has 3 aromatic carbocycles. The van der Waals surface area contributed by atoms with Crippen LogP contribution in [-0.2, 0) is 13.6 Å². The molecule has 0 bridgehead atoms. The predicted octanol–water partition coefficient (Wildman–Crippen LogP) is 4.32. The summed E-state index contributed by atoms with van der Waals surface area (Å²) in [4.78, 5) is 0. The summed E-state index contributed by atoms with van der Waals surface area (Å²) in [5.41, 5.74) is 0. The minimum absolute atomic E-state index is 0.305. The van der Waals surface area contributed by atoms with Crippen LogP contribution in [0.1, 0.15) is 0 Å². The molecule has 4 rings (SSSR count). The summed E-state index contributed by atoms with van der Waals surface area (Å²) in [5.74, 6) is 0. The van der Waals surface area contributed by atoms with Crippen LogP contribution in [0.4, 0.5) is 0 Å². The SMILES string of the molecule is O=P1(N=P(c2ccccc2)(c2ccccc2)c2ccccc2)OCCO1. The lowest BCUT2D eigenvalue weighted by Gasteiger charge is -2.27. The van der Waals surface area contributed by atoms with Crippen LogP contribution in [0.15, 0.2) is 95.5 Å². The van der Waals surface area contributed by atoms with Crippen LogP contribution in [0, 0.1) is 0 Å². The Morgan fingerprint density at radius 1 is 0.654 bits per heavy atom. The zero-order valence-electron chi connectivity index (χ0n) is 14.1. The van der Waals surface area contributed by atoms with Gasteiger partial charge in [-0.2, -0.15) is 4.52 Å². The third-order valence-corrected chi connectivity index (χ3v) is 10.3. The Kier molecular flexibility index (Phi) is 4.93. The van der Waals surface area contributed by atoms with Gasteiger partial charge < -0.3 is 0 Å². The Hall–Kier alpha value is -1.96. The minimum Gasteiger partial charge on any atom is -0.289 e. The van der Waals surface area contributed by atoms with Gasteiger partial charge in [0.05, 0.1) is 20.3 Å². The van der Waals surface area contributed by atoms with Crippen molar-refractivity contribution in [3.05, 3.63) is 91.0 Å². The Labute approximate surface area is 153 Å². The molecule has 1 fully saturated rings. The fourth-order valence-electron chi connectivity index (χ4n) is 3.09. The minimum atomic E-state index is -3.51. The number of benzene rings is 3. The Morgan fingerprint density at radius 3 is 1.35 bits per heavy atom. The molecule has 0 spiro atoms. The van der Waals surface area contributed by atoms with Crippen LogP contribution < -0.4 is 15.9 Å². The predicted molar refractivity (Wildman–Crippen MR) is 107 cm³/mol. The van der Waals surface area contributed by atoms with Crippen molar-refractivity contribution in [3.63, 3.8) is 0 Å². The van der Waals surface area contributed by atoms with Gasteiger partial charge in [-0.05, 0) is 0 Å². The molecule has 26 heavy (non-hydrogen) atoms. The lowest BCUT2D eigenvalue weighted by atomic mass is 10.4. The van der Waals surface area contributed by atoms with Gasteiger partial charge in [-0.25, -0.2) is 4.57 Å². The Bertz CT molecular complexity index is 862. The van der Waals surface area contributed by atoms with E-state index in [4.69, 9.17) is 13.6 Å². The maximum absolute atomic E-state index is 13.2. The van der Waals surface area contributed by atoms with Crippen molar-refractivity contribution in [2.45, 2.75) is 0 Å². The first-order valence-corrected chi connectivity index (χ1v) is 11.7. The number of hydrogen-bond donors (Lipinski definition) is 0. The summed E-state index contributed by atoms with van der Waals surface area (Å²) in [7, 11) is -6.07. The van der Waals surface area contributed by atoms with E-state index in [0.29, 0.717) is 13.2 Å². The third-order valence-electron chi connectivity index (χ3n) is 4.23. The van der Waals surface area contributed by atoms with Gasteiger partial charge in [0, 0.05) is 15.9 Å². The van der Waals surface area contributed by atoms with Crippen molar-refractivity contribution in [2.24, 2.45) is 4.52 Å². The van der Waals surface area contributed by atoms with Gasteiger partial charge in [-0.3, -0.25) is 9.05 Å². The molecule has 0 radical (unpaired) electrons. The summed E-state index contributed by atoms with van der Waals surface area (Å²) in [6, 6.07) is 30.1. The lowest BCUT2D eigenvalue weighted by Crippen LogP contribution is -2.25. The molecule has 0 saturated carbocycles. The van der Waals surface area contributed by atoms with Crippen molar-refractivity contribution >= 4 is 30.7 Å². The van der Waals surface area contributed by atoms with Gasteiger partial charge in [0.2, 0.25) is 0 Å². The number of hydrogen-bond acceptors (Lipinski definition) is 3. The van der Waals surface area contributed by atoms with E-state index in [1.807, 2.05) is 91.0 Å². The maximum atomic E-state index is 13.2. The van der Waals surface area contributed by atoms with Gasteiger partial charge in [-0.1, -0.05) is 91.0 Å². The molecule has 0 atom stereocenters. The van der Waals surface area contributed by atoms with Crippen LogP contribution in [0.3, 0.4) is 0 Å². The van der Waals surface area contributed by atoms with Crippen molar-refractivity contribution in [3.8, 4) is 0 Å². The Balaban J connectivity index is 2.11. The fraction of sp³-hybridized carbons (Fsp3) is 0.100. The molecule has 0 amide bonds. The van der Waals surface area contributed by atoms with E-state index in [0.717, 1.165) is 15.9 Å². The zero-order valence-corrected chi connectivity index (χ0v) is 15.9. The van der Waals surface area contributed by atoms with Crippen molar-refractivity contribution in [1.29, 1.82) is 0 Å². The molecule has 6 heteroatoms. The highest BCUT2D eigenvalue weighted by atomic mass is 31.2. The fourth-order valence-corrected chi connectivity index (χ4v) is 9.45. The van der Waals surface area contributed by atoms with E-state index < -0.39 is 14.8 Å². The van der Waals surface area contributed by atoms with E-state index in [1.54, 1.807) is 0 Å².